The Morgan fingerprint density at radius 2 is 2.26 bits per heavy atom. The summed E-state index contributed by atoms with van der Waals surface area (Å²) in [4.78, 5) is 34.5. The number of nitrogens with one attached hydrogen (secondary N) is 1. The van der Waals surface area contributed by atoms with Crippen molar-refractivity contribution in [2.75, 3.05) is 6.54 Å². The molecule has 19 heavy (non-hydrogen) atoms. The van der Waals surface area contributed by atoms with Crippen molar-refractivity contribution in [1.82, 2.24) is 15.1 Å². The highest BCUT2D eigenvalue weighted by Crippen LogP contribution is 2.25. The van der Waals surface area contributed by atoms with Gasteiger partial charge in [0.15, 0.2) is 0 Å². The fourth-order valence-corrected chi connectivity index (χ4v) is 2.20. The summed E-state index contributed by atoms with van der Waals surface area (Å²) in [6.07, 6.45) is 0.901. The minimum absolute atomic E-state index is 0.166. The van der Waals surface area contributed by atoms with Crippen LogP contribution in [0.2, 0.25) is 0 Å². The van der Waals surface area contributed by atoms with Crippen LogP contribution in [0.3, 0.4) is 0 Å². The van der Waals surface area contributed by atoms with E-state index in [-0.39, 0.29) is 17.9 Å². The monoisotopic (exact) mass is 268 g/mol. The molecule has 1 atom stereocenters. The van der Waals surface area contributed by atoms with E-state index in [4.69, 9.17) is 5.11 Å². The number of aryl methyl sites for hydroxylation is 1. The van der Waals surface area contributed by atoms with Gasteiger partial charge in [-0.3, -0.25) is 20.0 Å². The maximum atomic E-state index is 12.2. The summed E-state index contributed by atoms with van der Waals surface area (Å²) in [5.41, 5.74) is -0.573. The van der Waals surface area contributed by atoms with Gasteiger partial charge in [-0.25, -0.2) is 4.79 Å². The molecular formula is C10H12N4O5. The third kappa shape index (κ3) is 2.14. The lowest BCUT2D eigenvalue weighted by atomic mass is 10.2. The fraction of sp³-hybridized carbons (Fsp3) is 0.500. The van der Waals surface area contributed by atoms with Crippen LogP contribution in [0.1, 0.15) is 29.0 Å². The molecule has 1 saturated heterocycles. The second kappa shape index (κ2) is 4.67. The largest absolute Gasteiger partial charge is 0.480 e. The number of hydrogen-bond acceptors (Lipinski definition) is 5. The lowest BCUT2D eigenvalue weighted by Gasteiger charge is -2.19. The van der Waals surface area contributed by atoms with Crippen LogP contribution < -0.4 is 0 Å². The van der Waals surface area contributed by atoms with E-state index in [0.717, 1.165) is 4.90 Å². The van der Waals surface area contributed by atoms with Crippen LogP contribution in [0.15, 0.2) is 0 Å². The molecular weight excluding hydrogens is 256 g/mol. The number of amides is 1. The number of nitro groups is 1. The Morgan fingerprint density at radius 3 is 2.84 bits per heavy atom. The first kappa shape index (κ1) is 13.0. The molecule has 0 radical (unpaired) electrons. The summed E-state index contributed by atoms with van der Waals surface area (Å²) in [5.74, 6) is -1.83. The van der Waals surface area contributed by atoms with E-state index in [1.165, 1.54) is 6.92 Å². The summed E-state index contributed by atoms with van der Waals surface area (Å²) < 4.78 is 0. The standard InChI is InChI=1S/C10H12N4O5/c1-5-8(14(18)19)7(12-11-5)9(15)13-4-2-3-6(13)10(16)17/h6H,2-4H2,1H3,(H,11,12)(H,16,17)/t6-/m1/s1. The summed E-state index contributed by atoms with van der Waals surface area (Å²) in [6, 6.07) is -0.941. The third-order valence-electron chi connectivity index (χ3n) is 3.10. The van der Waals surface area contributed by atoms with Gasteiger partial charge in [-0.1, -0.05) is 0 Å². The zero-order valence-corrected chi connectivity index (χ0v) is 10.1. The van der Waals surface area contributed by atoms with Crippen molar-refractivity contribution in [3.05, 3.63) is 21.5 Å². The molecule has 9 heteroatoms. The molecule has 102 valence electrons. The summed E-state index contributed by atoms with van der Waals surface area (Å²) in [5, 5.41) is 25.9. The van der Waals surface area contributed by atoms with Crippen molar-refractivity contribution in [2.24, 2.45) is 0 Å². The molecule has 0 bridgehead atoms. The van der Waals surface area contributed by atoms with Crippen molar-refractivity contribution >= 4 is 17.6 Å². The number of nitrogens with zero attached hydrogens (tertiary/aromatic N) is 3. The first-order valence-corrected chi connectivity index (χ1v) is 5.66. The highest BCUT2D eigenvalue weighted by atomic mass is 16.6. The Hall–Kier alpha value is -2.45. The second-order valence-electron chi connectivity index (χ2n) is 4.30. The molecule has 0 spiro atoms. The number of carboxylic acids is 1. The summed E-state index contributed by atoms with van der Waals surface area (Å²) in [6.45, 7) is 1.69. The van der Waals surface area contributed by atoms with Crippen LogP contribution >= 0.6 is 0 Å². The number of likely N-dealkylation sites (tertiary alicyclic amines) is 1. The SMILES string of the molecule is Cc1[nH]nc(C(=O)N2CCC[C@@H]2C(=O)O)c1[N+](=O)[O-]. The normalized spacial score (nSPS) is 18.6. The van der Waals surface area contributed by atoms with Gasteiger partial charge in [-0.05, 0) is 19.8 Å². The molecule has 0 saturated carbocycles. The quantitative estimate of drug-likeness (QED) is 0.599. The Bertz CT molecular complexity index is 552. The molecule has 1 fully saturated rings. The smallest absolute Gasteiger partial charge is 0.326 e. The van der Waals surface area contributed by atoms with E-state index >= 15 is 0 Å². The maximum absolute atomic E-state index is 12.2. The molecule has 1 aliphatic rings. The molecule has 0 aromatic carbocycles. The van der Waals surface area contributed by atoms with Gasteiger partial charge in [0.25, 0.3) is 5.91 Å². The molecule has 9 nitrogen and oxygen atoms in total. The first-order chi connectivity index (χ1) is 8.93. The Morgan fingerprint density at radius 1 is 1.58 bits per heavy atom. The van der Waals surface area contributed by atoms with E-state index in [9.17, 15) is 19.7 Å². The van der Waals surface area contributed by atoms with E-state index in [1.54, 1.807) is 0 Å². The van der Waals surface area contributed by atoms with Crippen LogP contribution in [0.5, 0.6) is 0 Å². The second-order valence-corrected chi connectivity index (χ2v) is 4.30. The van der Waals surface area contributed by atoms with Crippen LogP contribution in [-0.2, 0) is 4.79 Å². The molecule has 2 rings (SSSR count). The number of carbonyl (C=O) groups is 2. The van der Waals surface area contributed by atoms with E-state index in [1.807, 2.05) is 0 Å². The molecule has 0 unspecified atom stereocenters. The minimum atomic E-state index is -1.11. The Labute approximate surface area is 107 Å². The topological polar surface area (TPSA) is 129 Å². The predicted octanol–water partition coefficient (Wildman–Crippen LogP) is 0.316. The molecule has 1 aliphatic heterocycles. The zero-order chi connectivity index (χ0) is 14.2. The Balaban J connectivity index is 2.35. The summed E-state index contributed by atoms with van der Waals surface area (Å²) in [7, 11) is 0. The number of aromatic amines is 1. The summed E-state index contributed by atoms with van der Waals surface area (Å²) >= 11 is 0. The van der Waals surface area contributed by atoms with Crippen LogP contribution in [0, 0.1) is 17.0 Å². The first-order valence-electron chi connectivity index (χ1n) is 5.66. The maximum Gasteiger partial charge on any atom is 0.326 e. The molecule has 2 heterocycles. The lowest BCUT2D eigenvalue weighted by molar-refractivity contribution is -0.385. The fourth-order valence-electron chi connectivity index (χ4n) is 2.20. The number of aliphatic carboxylic acids is 1. The van der Waals surface area contributed by atoms with Crippen LogP contribution in [-0.4, -0.2) is 49.6 Å². The van der Waals surface area contributed by atoms with Crippen LogP contribution in [0.25, 0.3) is 0 Å². The van der Waals surface area contributed by atoms with E-state index in [2.05, 4.69) is 10.2 Å². The molecule has 0 aliphatic carbocycles. The number of carbonyl (C=O) groups excluding carboxylic acids is 1. The van der Waals surface area contributed by atoms with Gasteiger partial charge in [-0.2, -0.15) is 5.10 Å². The van der Waals surface area contributed by atoms with Crippen molar-refractivity contribution in [3.8, 4) is 0 Å². The molecule has 2 N–H and O–H groups in total. The third-order valence-corrected chi connectivity index (χ3v) is 3.10. The van der Waals surface area contributed by atoms with E-state index < -0.39 is 28.5 Å². The van der Waals surface area contributed by atoms with Crippen LogP contribution in [0.4, 0.5) is 5.69 Å². The number of carboxylic acid groups (broad SMARTS) is 1. The van der Waals surface area contributed by atoms with Gasteiger partial charge in [0, 0.05) is 6.54 Å². The number of H-pyrrole nitrogens is 1. The molecule has 1 aromatic rings. The lowest BCUT2D eigenvalue weighted by Crippen LogP contribution is -2.40. The van der Waals surface area contributed by atoms with Gasteiger partial charge in [0.2, 0.25) is 5.69 Å². The van der Waals surface area contributed by atoms with Gasteiger partial charge < -0.3 is 10.0 Å². The minimum Gasteiger partial charge on any atom is -0.480 e. The highest BCUT2D eigenvalue weighted by Gasteiger charge is 2.38. The molecule has 1 aromatic heterocycles. The van der Waals surface area contributed by atoms with Crippen molar-refractivity contribution < 1.29 is 19.6 Å². The van der Waals surface area contributed by atoms with Gasteiger partial charge in [0.05, 0.1) is 4.92 Å². The van der Waals surface area contributed by atoms with Gasteiger partial charge in [-0.15, -0.1) is 0 Å². The average molecular weight is 268 g/mol. The zero-order valence-electron chi connectivity index (χ0n) is 10.1. The molecule has 1 amide bonds. The number of aromatic nitrogens is 2. The Kier molecular flexibility index (Phi) is 3.19. The van der Waals surface area contributed by atoms with Crippen molar-refractivity contribution in [2.45, 2.75) is 25.8 Å². The average Bonchev–Trinajstić information content (AvgIpc) is 2.93. The number of rotatable bonds is 3. The number of hydrogen-bond donors (Lipinski definition) is 2. The van der Waals surface area contributed by atoms with Crippen molar-refractivity contribution in [3.63, 3.8) is 0 Å². The van der Waals surface area contributed by atoms with E-state index in [0.29, 0.717) is 12.8 Å². The van der Waals surface area contributed by atoms with Gasteiger partial charge in [0.1, 0.15) is 11.7 Å². The van der Waals surface area contributed by atoms with Gasteiger partial charge >= 0.3 is 11.7 Å². The highest BCUT2D eigenvalue weighted by molar-refractivity contribution is 5.98. The predicted molar refractivity (Wildman–Crippen MR) is 61.7 cm³/mol. The van der Waals surface area contributed by atoms with Crippen molar-refractivity contribution in [1.29, 1.82) is 0 Å².